The number of aryl methyl sites for hydroxylation is 1. The minimum atomic E-state index is -3.49. The Hall–Kier alpha value is -2.04. The molecule has 1 aromatic heterocycles. The number of aromatic nitrogens is 3. The van der Waals surface area contributed by atoms with Gasteiger partial charge >= 0.3 is 0 Å². The third-order valence-corrected chi connectivity index (χ3v) is 6.73. The summed E-state index contributed by atoms with van der Waals surface area (Å²) in [6.45, 7) is 2.66. The molecule has 9 nitrogen and oxygen atoms in total. The minimum Gasteiger partial charge on any atom is -0.383 e. The molecule has 1 saturated heterocycles. The molecule has 154 valence electrons. The van der Waals surface area contributed by atoms with Crippen molar-refractivity contribution in [1.29, 1.82) is 0 Å². The van der Waals surface area contributed by atoms with Crippen LogP contribution in [-0.2, 0) is 26.1 Å². The molecule has 2 aromatic rings. The van der Waals surface area contributed by atoms with Crippen LogP contribution < -0.4 is 5.32 Å². The topological polar surface area (TPSA) is 106 Å². The SMILES string of the molecule is COCCNC(=O)CCCn1nnc2cc(S(=O)(=O)N3CCCCC3)ccc21. The van der Waals surface area contributed by atoms with Gasteiger partial charge in [0.15, 0.2) is 0 Å². The summed E-state index contributed by atoms with van der Waals surface area (Å²) in [7, 11) is -1.90. The van der Waals surface area contributed by atoms with Crippen LogP contribution in [0.1, 0.15) is 32.1 Å². The number of amides is 1. The van der Waals surface area contributed by atoms with Crippen molar-refractivity contribution < 1.29 is 17.9 Å². The number of rotatable bonds is 9. The van der Waals surface area contributed by atoms with Crippen molar-refractivity contribution in [3.05, 3.63) is 18.2 Å². The van der Waals surface area contributed by atoms with Crippen LogP contribution in [-0.4, -0.2) is 67.0 Å². The van der Waals surface area contributed by atoms with E-state index < -0.39 is 10.0 Å². The fourth-order valence-corrected chi connectivity index (χ4v) is 4.84. The van der Waals surface area contributed by atoms with Crippen molar-refractivity contribution in [1.82, 2.24) is 24.6 Å². The van der Waals surface area contributed by atoms with Gasteiger partial charge in [-0.05, 0) is 37.5 Å². The Morgan fingerprint density at radius 3 is 2.79 bits per heavy atom. The molecule has 1 aliphatic rings. The maximum absolute atomic E-state index is 12.8. The predicted molar refractivity (Wildman–Crippen MR) is 104 cm³/mol. The molecule has 3 rings (SSSR count). The highest BCUT2D eigenvalue weighted by Gasteiger charge is 2.26. The third kappa shape index (κ3) is 4.86. The number of benzene rings is 1. The van der Waals surface area contributed by atoms with Crippen LogP contribution in [0.4, 0.5) is 0 Å². The summed E-state index contributed by atoms with van der Waals surface area (Å²) in [6.07, 6.45) is 3.87. The molecule has 0 bridgehead atoms. The minimum absolute atomic E-state index is 0.0311. The number of methoxy groups -OCH3 is 1. The van der Waals surface area contributed by atoms with Gasteiger partial charge in [-0.1, -0.05) is 11.6 Å². The number of ether oxygens (including phenoxy) is 1. The van der Waals surface area contributed by atoms with Crippen molar-refractivity contribution in [3.63, 3.8) is 0 Å². The summed E-state index contributed by atoms with van der Waals surface area (Å²) in [4.78, 5) is 12.0. The molecule has 0 unspecified atom stereocenters. The van der Waals surface area contributed by atoms with Crippen molar-refractivity contribution in [3.8, 4) is 0 Å². The van der Waals surface area contributed by atoms with E-state index in [9.17, 15) is 13.2 Å². The summed E-state index contributed by atoms with van der Waals surface area (Å²) < 4.78 is 33.8. The van der Waals surface area contributed by atoms with Crippen molar-refractivity contribution >= 4 is 27.0 Å². The number of fused-ring (bicyclic) bond motifs is 1. The van der Waals surface area contributed by atoms with Gasteiger partial charge in [-0.25, -0.2) is 13.1 Å². The van der Waals surface area contributed by atoms with Gasteiger partial charge in [0.2, 0.25) is 15.9 Å². The Bertz CT molecular complexity index is 906. The molecule has 0 saturated carbocycles. The molecular formula is C18H27N5O4S. The van der Waals surface area contributed by atoms with E-state index in [-0.39, 0.29) is 10.8 Å². The van der Waals surface area contributed by atoms with E-state index in [2.05, 4.69) is 15.6 Å². The van der Waals surface area contributed by atoms with Crippen LogP contribution in [0.15, 0.2) is 23.1 Å². The van der Waals surface area contributed by atoms with Gasteiger partial charge in [0, 0.05) is 39.7 Å². The first-order chi connectivity index (χ1) is 13.5. The van der Waals surface area contributed by atoms with E-state index in [1.54, 1.807) is 34.3 Å². The molecule has 10 heteroatoms. The number of carbonyl (C=O) groups is 1. The van der Waals surface area contributed by atoms with Crippen molar-refractivity contribution in [2.24, 2.45) is 0 Å². The van der Waals surface area contributed by atoms with Crippen LogP contribution in [0.25, 0.3) is 11.0 Å². The number of hydrogen-bond acceptors (Lipinski definition) is 6. The first-order valence-corrected chi connectivity index (χ1v) is 11.1. The number of nitrogens with zero attached hydrogens (tertiary/aromatic N) is 4. The van der Waals surface area contributed by atoms with Gasteiger partial charge in [-0.3, -0.25) is 4.79 Å². The molecule has 1 N–H and O–H groups in total. The van der Waals surface area contributed by atoms with Crippen LogP contribution >= 0.6 is 0 Å². The molecular weight excluding hydrogens is 382 g/mol. The molecule has 1 aliphatic heterocycles. The van der Waals surface area contributed by atoms with Crippen LogP contribution in [0.3, 0.4) is 0 Å². The van der Waals surface area contributed by atoms with Gasteiger partial charge < -0.3 is 10.1 Å². The molecule has 1 fully saturated rings. The number of carbonyl (C=O) groups excluding carboxylic acids is 1. The highest BCUT2D eigenvalue weighted by molar-refractivity contribution is 7.89. The predicted octanol–water partition coefficient (Wildman–Crippen LogP) is 1.15. The zero-order chi connectivity index (χ0) is 20.0. The normalized spacial score (nSPS) is 15.8. The zero-order valence-corrected chi connectivity index (χ0v) is 16.9. The summed E-state index contributed by atoms with van der Waals surface area (Å²) >= 11 is 0. The monoisotopic (exact) mass is 409 g/mol. The van der Waals surface area contributed by atoms with E-state index in [0.29, 0.717) is 51.1 Å². The average molecular weight is 410 g/mol. The smallest absolute Gasteiger partial charge is 0.243 e. The molecule has 2 heterocycles. The quantitative estimate of drug-likeness (QED) is 0.623. The molecule has 0 radical (unpaired) electrons. The maximum Gasteiger partial charge on any atom is 0.243 e. The number of piperidine rings is 1. The second-order valence-corrected chi connectivity index (χ2v) is 8.81. The lowest BCUT2D eigenvalue weighted by Gasteiger charge is -2.25. The van der Waals surface area contributed by atoms with Crippen LogP contribution in [0, 0.1) is 0 Å². The fourth-order valence-electron chi connectivity index (χ4n) is 3.30. The Morgan fingerprint density at radius 1 is 1.25 bits per heavy atom. The Morgan fingerprint density at radius 2 is 2.04 bits per heavy atom. The van der Waals surface area contributed by atoms with Gasteiger partial charge in [-0.15, -0.1) is 5.10 Å². The second-order valence-electron chi connectivity index (χ2n) is 6.87. The second kappa shape index (κ2) is 9.44. The lowest BCUT2D eigenvalue weighted by atomic mass is 10.2. The molecule has 28 heavy (non-hydrogen) atoms. The summed E-state index contributed by atoms with van der Waals surface area (Å²) in [6, 6.07) is 4.94. The van der Waals surface area contributed by atoms with Crippen LogP contribution in [0.2, 0.25) is 0 Å². The lowest BCUT2D eigenvalue weighted by molar-refractivity contribution is -0.121. The average Bonchev–Trinajstić information content (AvgIpc) is 3.11. The Labute approximate surface area is 165 Å². The standard InChI is InChI=1S/C18H27N5O4S/c1-27-13-9-19-18(24)6-5-12-23-17-8-7-15(14-16(17)20-21-23)28(25,26)22-10-3-2-4-11-22/h7-8,14H,2-6,9-13H2,1H3,(H,19,24). The van der Waals surface area contributed by atoms with E-state index in [1.165, 1.54) is 0 Å². The molecule has 1 amide bonds. The van der Waals surface area contributed by atoms with Crippen LogP contribution in [0.5, 0.6) is 0 Å². The van der Waals surface area contributed by atoms with E-state index in [4.69, 9.17) is 4.74 Å². The molecule has 0 atom stereocenters. The van der Waals surface area contributed by atoms with E-state index in [0.717, 1.165) is 24.8 Å². The first-order valence-electron chi connectivity index (χ1n) is 9.61. The van der Waals surface area contributed by atoms with Gasteiger partial charge in [0.25, 0.3) is 0 Å². The largest absolute Gasteiger partial charge is 0.383 e. The van der Waals surface area contributed by atoms with E-state index >= 15 is 0 Å². The van der Waals surface area contributed by atoms with Gasteiger partial charge in [0.1, 0.15) is 5.52 Å². The lowest BCUT2D eigenvalue weighted by Crippen LogP contribution is -2.35. The van der Waals surface area contributed by atoms with Gasteiger partial charge in [-0.2, -0.15) is 4.31 Å². The Kier molecular flexibility index (Phi) is 6.97. The summed E-state index contributed by atoms with van der Waals surface area (Å²) in [5.41, 5.74) is 1.31. The zero-order valence-electron chi connectivity index (χ0n) is 16.1. The first kappa shape index (κ1) is 20.7. The van der Waals surface area contributed by atoms with Gasteiger partial charge in [0.05, 0.1) is 17.0 Å². The molecule has 1 aromatic carbocycles. The maximum atomic E-state index is 12.8. The number of hydrogen-bond donors (Lipinski definition) is 1. The summed E-state index contributed by atoms with van der Waals surface area (Å²) in [5, 5.41) is 11.0. The Balaban J connectivity index is 1.63. The molecule has 0 aliphatic carbocycles. The van der Waals surface area contributed by atoms with Crippen molar-refractivity contribution in [2.75, 3.05) is 33.4 Å². The molecule has 0 spiro atoms. The van der Waals surface area contributed by atoms with Crippen molar-refractivity contribution in [2.45, 2.75) is 43.5 Å². The highest BCUT2D eigenvalue weighted by atomic mass is 32.2. The summed E-state index contributed by atoms with van der Waals surface area (Å²) in [5.74, 6) is -0.0311. The number of nitrogens with one attached hydrogen (secondary N) is 1. The fraction of sp³-hybridized carbons (Fsp3) is 0.611. The third-order valence-electron chi connectivity index (χ3n) is 4.84. The number of sulfonamides is 1. The van der Waals surface area contributed by atoms with E-state index in [1.807, 2.05) is 0 Å². The highest BCUT2D eigenvalue weighted by Crippen LogP contribution is 2.23.